The van der Waals surface area contributed by atoms with E-state index in [4.69, 9.17) is 9.47 Å². The first-order valence-electron chi connectivity index (χ1n) is 5.40. The average Bonchev–Trinajstić information content (AvgIpc) is 2.63. The van der Waals surface area contributed by atoms with Crippen LogP contribution in [0.4, 0.5) is 0 Å². The summed E-state index contributed by atoms with van der Waals surface area (Å²) < 4.78 is 10.2. The van der Waals surface area contributed by atoms with Crippen LogP contribution in [0.15, 0.2) is 0 Å². The summed E-state index contributed by atoms with van der Waals surface area (Å²) in [5, 5.41) is 15.9. The van der Waals surface area contributed by atoms with Gasteiger partial charge in [0.2, 0.25) is 0 Å². The van der Waals surface area contributed by atoms with Gasteiger partial charge in [0.15, 0.2) is 0 Å². The van der Waals surface area contributed by atoms with Crippen molar-refractivity contribution in [3.63, 3.8) is 0 Å². The van der Waals surface area contributed by atoms with Crippen LogP contribution in [0.3, 0.4) is 0 Å². The van der Waals surface area contributed by atoms with Crippen LogP contribution in [0.2, 0.25) is 0 Å². The maximum absolute atomic E-state index is 9.30. The van der Waals surface area contributed by atoms with Gasteiger partial charge >= 0.3 is 0 Å². The van der Waals surface area contributed by atoms with E-state index in [0.29, 0.717) is 19.2 Å². The first kappa shape index (κ1) is 12.9. The van der Waals surface area contributed by atoms with Crippen LogP contribution in [0.25, 0.3) is 0 Å². The number of methoxy groups -OCH3 is 2. The van der Waals surface area contributed by atoms with Gasteiger partial charge in [0.05, 0.1) is 18.8 Å². The molecule has 0 aromatic heterocycles. The van der Waals surface area contributed by atoms with Gasteiger partial charge < -0.3 is 25.2 Å². The van der Waals surface area contributed by atoms with Crippen LogP contribution >= 0.6 is 0 Å². The number of hydrogen-bond acceptors (Lipinski definition) is 5. The van der Waals surface area contributed by atoms with Crippen LogP contribution < -0.4 is 10.6 Å². The lowest BCUT2D eigenvalue weighted by molar-refractivity contribution is 0.0288. The minimum atomic E-state index is -0.186. The van der Waals surface area contributed by atoms with E-state index >= 15 is 0 Å². The van der Waals surface area contributed by atoms with Gasteiger partial charge in [-0.05, 0) is 6.42 Å². The van der Waals surface area contributed by atoms with Crippen LogP contribution in [0.1, 0.15) is 6.42 Å². The van der Waals surface area contributed by atoms with Crippen LogP contribution in [-0.2, 0) is 9.47 Å². The van der Waals surface area contributed by atoms with Gasteiger partial charge in [-0.2, -0.15) is 0 Å². The standard InChI is InChI=1S/C10H22N2O3/c1-14-7-10(15-2)6-11-4-8-3-9(13)5-12-8/h8-13H,3-7H2,1-2H3. The molecule has 5 heteroatoms. The van der Waals surface area contributed by atoms with Crippen molar-refractivity contribution in [1.82, 2.24) is 10.6 Å². The number of nitrogens with one attached hydrogen (secondary N) is 2. The third-order valence-corrected chi connectivity index (χ3v) is 2.65. The molecular weight excluding hydrogens is 196 g/mol. The highest BCUT2D eigenvalue weighted by Crippen LogP contribution is 2.04. The Morgan fingerprint density at radius 3 is 2.87 bits per heavy atom. The van der Waals surface area contributed by atoms with Gasteiger partial charge in [-0.15, -0.1) is 0 Å². The molecule has 0 aliphatic carbocycles. The molecule has 1 aliphatic heterocycles. The first-order chi connectivity index (χ1) is 7.26. The fourth-order valence-electron chi connectivity index (χ4n) is 1.77. The van der Waals surface area contributed by atoms with Gasteiger partial charge in [0.1, 0.15) is 0 Å². The summed E-state index contributed by atoms with van der Waals surface area (Å²) in [5.41, 5.74) is 0. The van der Waals surface area contributed by atoms with E-state index in [0.717, 1.165) is 19.5 Å². The Labute approximate surface area is 91.1 Å². The lowest BCUT2D eigenvalue weighted by atomic mass is 10.2. The smallest absolute Gasteiger partial charge is 0.0928 e. The average molecular weight is 218 g/mol. The van der Waals surface area contributed by atoms with Crippen molar-refractivity contribution >= 4 is 0 Å². The van der Waals surface area contributed by atoms with Crippen molar-refractivity contribution in [3.05, 3.63) is 0 Å². The normalized spacial score (nSPS) is 28.2. The summed E-state index contributed by atoms with van der Waals surface area (Å²) in [6.45, 7) is 2.95. The van der Waals surface area contributed by atoms with Crippen molar-refractivity contribution in [2.24, 2.45) is 0 Å². The molecule has 5 nitrogen and oxygen atoms in total. The summed E-state index contributed by atoms with van der Waals surface area (Å²) in [5.74, 6) is 0. The minimum absolute atomic E-state index is 0.0985. The highest BCUT2D eigenvalue weighted by Gasteiger charge is 2.21. The van der Waals surface area contributed by atoms with Crippen LogP contribution in [0.5, 0.6) is 0 Å². The molecule has 0 saturated carbocycles. The highest BCUT2D eigenvalue weighted by atomic mass is 16.5. The van der Waals surface area contributed by atoms with Crippen molar-refractivity contribution in [2.45, 2.75) is 24.7 Å². The summed E-state index contributed by atoms with van der Waals surface area (Å²) in [4.78, 5) is 0. The summed E-state index contributed by atoms with van der Waals surface area (Å²) in [7, 11) is 3.35. The minimum Gasteiger partial charge on any atom is -0.392 e. The molecule has 1 rings (SSSR count). The maximum atomic E-state index is 9.30. The number of β-amino-alcohol motifs (C(OH)–C–C–N with tert-alkyl or cyclic N) is 1. The quantitative estimate of drug-likeness (QED) is 0.509. The van der Waals surface area contributed by atoms with Crippen LogP contribution in [0, 0.1) is 0 Å². The van der Waals surface area contributed by atoms with E-state index in [1.54, 1.807) is 14.2 Å². The van der Waals surface area contributed by atoms with Crippen molar-refractivity contribution in [3.8, 4) is 0 Å². The van der Waals surface area contributed by atoms with E-state index in [1.165, 1.54) is 0 Å². The Kier molecular flexibility index (Phi) is 6.12. The number of hydrogen-bond donors (Lipinski definition) is 3. The molecular formula is C10H22N2O3. The molecule has 0 amide bonds. The second kappa shape index (κ2) is 7.14. The molecule has 3 unspecified atom stereocenters. The summed E-state index contributed by atoms with van der Waals surface area (Å²) in [6, 6.07) is 0.375. The largest absolute Gasteiger partial charge is 0.392 e. The highest BCUT2D eigenvalue weighted by molar-refractivity contribution is 4.82. The molecule has 1 heterocycles. The number of ether oxygens (including phenoxy) is 2. The topological polar surface area (TPSA) is 62.8 Å². The molecule has 0 spiro atoms. The predicted molar refractivity (Wildman–Crippen MR) is 58.0 cm³/mol. The monoisotopic (exact) mass is 218 g/mol. The molecule has 1 aliphatic rings. The number of rotatable bonds is 7. The SMILES string of the molecule is COCC(CNCC1CC(O)CN1)OC. The van der Waals surface area contributed by atoms with E-state index in [1.807, 2.05) is 0 Å². The predicted octanol–water partition coefficient (Wildman–Crippen LogP) is -1.04. The Morgan fingerprint density at radius 1 is 1.53 bits per heavy atom. The Bertz CT molecular complexity index is 165. The second-order valence-electron chi connectivity index (χ2n) is 3.97. The molecule has 3 atom stereocenters. The molecule has 0 radical (unpaired) electrons. The Hall–Kier alpha value is -0.200. The Balaban J connectivity index is 2.04. The number of aliphatic hydroxyl groups excluding tert-OH is 1. The van der Waals surface area contributed by atoms with Gasteiger partial charge in [-0.25, -0.2) is 0 Å². The molecule has 1 fully saturated rings. The van der Waals surface area contributed by atoms with E-state index in [-0.39, 0.29) is 12.2 Å². The fourth-order valence-corrected chi connectivity index (χ4v) is 1.77. The van der Waals surface area contributed by atoms with Gasteiger partial charge in [0.25, 0.3) is 0 Å². The summed E-state index contributed by atoms with van der Waals surface area (Å²) >= 11 is 0. The van der Waals surface area contributed by atoms with E-state index < -0.39 is 0 Å². The Morgan fingerprint density at radius 2 is 2.33 bits per heavy atom. The lowest BCUT2D eigenvalue weighted by Gasteiger charge is -2.17. The third kappa shape index (κ3) is 4.90. The zero-order valence-electron chi connectivity index (χ0n) is 9.53. The van der Waals surface area contributed by atoms with E-state index in [9.17, 15) is 5.11 Å². The first-order valence-corrected chi connectivity index (χ1v) is 5.40. The molecule has 1 saturated heterocycles. The van der Waals surface area contributed by atoms with Crippen molar-refractivity contribution in [1.29, 1.82) is 0 Å². The fraction of sp³-hybridized carbons (Fsp3) is 1.00. The van der Waals surface area contributed by atoms with Crippen molar-refractivity contribution in [2.75, 3.05) is 40.5 Å². The van der Waals surface area contributed by atoms with Gasteiger partial charge in [-0.3, -0.25) is 0 Å². The van der Waals surface area contributed by atoms with Gasteiger partial charge in [-0.1, -0.05) is 0 Å². The zero-order valence-corrected chi connectivity index (χ0v) is 9.53. The third-order valence-electron chi connectivity index (χ3n) is 2.65. The molecule has 0 bridgehead atoms. The van der Waals surface area contributed by atoms with E-state index in [2.05, 4.69) is 10.6 Å². The molecule has 0 aromatic rings. The second-order valence-corrected chi connectivity index (χ2v) is 3.97. The molecule has 3 N–H and O–H groups in total. The molecule has 15 heavy (non-hydrogen) atoms. The molecule has 0 aromatic carbocycles. The zero-order chi connectivity index (χ0) is 11.1. The lowest BCUT2D eigenvalue weighted by Crippen LogP contribution is -2.39. The summed E-state index contributed by atoms with van der Waals surface area (Å²) in [6.07, 6.45) is 0.741. The van der Waals surface area contributed by atoms with Gasteiger partial charge in [0, 0.05) is 39.9 Å². The van der Waals surface area contributed by atoms with Crippen LogP contribution in [-0.4, -0.2) is 63.8 Å². The van der Waals surface area contributed by atoms with Crippen molar-refractivity contribution < 1.29 is 14.6 Å². The maximum Gasteiger partial charge on any atom is 0.0928 e. The number of aliphatic hydroxyl groups is 1. The molecule has 90 valence electrons.